The van der Waals surface area contributed by atoms with Gasteiger partial charge in [-0.2, -0.15) is 0 Å². The molecule has 1 heteroatoms. The molecule has 108 valence electrons. The first-order valence-corrected chi connectivity index (χ1v) is 9.04. The zero-order valence-electron chi connectivity index (χ0n) is 12.6. The highest BCUT2D eigenvalue weighted by Gasteiger charge is 2.48. The van der Waals surface area contributed by atoms with E-state index in [4.69, 9.17) is 0 Å². The maximum absolute atomic E-state index is 4.16. The van der Waals surface area contributed by atoms with Crippen LogP contribution < -0.4 is 5.32 Å². The molecular weight excluding hydrogens is 230 g/mol. The standard InChI is InChI=1S/C18H31N/c1-12-3-2-4-17(6-5-12)19-18-15-8-13-7-14(10-15)11-16(18)9-13/h12-19H,2-11H2,1H3. The van der Waals surface area contributed by atoms with Gasteiger partial charge in [0.2, 0.25) is 0 Å². The Morgan fingerprint density at radius 2 is 1.42 bits per heavy atom. The van der Waals surface area contributed by atoms with E-state index in [0.29, 0.717) is 0 Å². The lowest BCUT2D eigenvalue weighted by Gasteiger charge is -2.55. The van der Waals surface area contributed by atoms with Gasteiger partial charge in [-0.3, -0.25) is 0 Å². The summed E-state index contributed by atoms with van der Waals surface area (Å²) in [5, 5.41) is 4.16. The van der Waals surface area contributed by atoms with Crippen LogP contribution in [-0.2, 0) is 0 Å². The van der Waals surface area contributed by atoms with Crippen molar-refractivity contribution in [2.45, 2.75) is 83.2 Å². The van der Waals surface area contributed by atoms with Gasteiger partial charge < -0.3 is 5.32 Å². The summed E-state index contributed by atoms with van der Waals surface area (Å²) in [6.07, 6.45) is 15.1. The van der Waals surface area contributed by atoms with Gasteiger partial charge in [0, 0.05) is 12.1 Å². The molecule has 5 fully saturated rings. The van der Waals surface area contributed by atoms with Crippen LogP contribution in [0, 0.1) is 29.6 Å². The summed E-state index contributed by atoms with van der Waals surface area (Å²) in [5.74, 6) is 5.32. The van der Waals surface area contributed by atoms with Gasteiger partial charge in [0.15, 0.2) is 0 Å². The minimum Gasteiger partial charge on any atom is -0.311 e. The monoisotopic (exact) mass is 261 g/mol. The zero-order valence-corrected chi connectivity index (χ0v) is 12.6. The van der Waals surface area contributed by atoms with E-state index >= 15 is 0 Å². The predicted molar refractivity (Wildman–Crippen MR) is 80.0 cm³/mol. The molecular formula is C18H31N. The first-order chi connectivity index (χ1) is 9.28. The molecule has 5 aliphatic rings. The number of hydrogen-bond acceptors (Lipinski definition) is 1. The molecule has 0 saturated heterocycles. The third-order valence-electron chi connectivity index (χ3n) is 6.91. The molecule has 0 heterocycles. The van der Waals surface area contributed by atoms with E-state index in [1.807, 2.05) is 0 Å². The van der Waals surface area contributed by atoms with E-state index in [0.717, 1.165) is 41.7 Å². The Bertz CT molecular complexity index is 296. The van der Waals surface area contributed by atoms with E-state index in [-0.39, 0.29) is 0 Å². The topological polar surface area (TPSA) is 12.0 Å². The average molecular weight is 261 g/mol. The molecule has 1 N–H and O–H groups in total. The Balaban J connectivity index is 1.40. The minimum absolute atomic E-state index is 0.854. The van der Waals surface area contributed by atoms with E-state index in [2.05, 4.69) is 12.2 Å². The smallest absolute Gasteiger partial charge is 0.0127 e. The first-order valence-electron chi connectivity index (χ1n) is 9.04. The highest BCUT2D eigenvalue weighted by Crippen LogP contribution is 2.53. The number of rotatable bonds is 2. The van der Waals surface area contributed by atoms with Crippen molar-refractivity contribution in [3.05, 3.63) is 0 Å². The third-order valence-corrected chi connectivity index (χ3v) is 6.91. The van der Waals surface area contributed by atoms with Gasteiger partial charge in [-0.05, 0) is 81.0 Å². The Kier molecular flexibility index (Phi) is 3.38. The highest BCUT2D eigenvalue weighted by molar-refractivity contribution is 5.02. The number of hydrogen-bond donors (Lipinski definition) is 1. The molecule has 5 aliphatic carbocycles. The molecule has 2 unspecified atom stereocenters. The predicted octanol–water partition coefficient (Wildman–Crippen LogP) is 4.37. The first kappa shape index (κ1) is 12.7. The van der Waals surface area contributed by atoms with Gasteiger partial charge in [-0.15, -0.1) is 0 Å². The highest BCUT2D eigenvalue weighted by atomic mass is 15.0. The van der Waals surface area contributed by atoms with Crippen molar-refractivity contribution in [2.75, 3.05) is 0 Å². The summed E-state index contributed by atoms with van der Waals surface area (Å²) >= 11 is 0. The summed E-state index contributed by atoms with van der Waals surface area (Å²) < 4.78 is 0. The van der Waals surface area contributed by atoms with Gasteiger partial charge in [0.1, 0.15) is 0 Å². The molecule has 0 spiro atoms. The quantitative estimate of drug-likeness (QED) is 0.728. The normalized spacial score (nSPS) is 53.2. The van der Waals surface area contributed by atoms with Crippen LogP contribution >= 0.6 is 0 Å². The molecule has 0 amide bonds. The fourth-order valence-electron chi connectivity index (χ4n) is 6.12. The van der Waals surface area contributed by atoms with Crippen LogP contribution in [0.2, 0.25) is 0 Å². The average Bonchev–Trinajstić information content (AvgIpc) is 2.58. The van der Waals surface area contributed by atoms with Crippen molar-refractivity contribution in [3.8, 4) is 0 Å². The van der Waals surface area contributed by atoms with Crippen LogP contribution in [0.3, 0.4) is 0 Å². The fraction of sp³-hybridized carbons (Fsp3) is 1.00. The van der Waals surface area contributed by atoms with E-state index in [1.54, 1.807) is 32.1 Å². The lowest BCUT2D eigenvalue weighted by Crippen LogP contribution is -2.56. The second kappa shape index (κ2) is 5.06. The summed E-state index contributed by atoms with van der Waals surface area (Å²) in [6.45, 7) is 2.45. The molecule has 0 aromatic rings. The Hall–Kier alpha value is -0.0400. The maximum Gasteiger partial charge on any atom is 0.0127 e. The zero-order chi connectivity index (χ0) is 12.8. The van der Waals surface area contributed by atoms with Gasteiger partial charge in [-0.1, -0.05) is 19.8 Å². The van der Waals surface area contributed by atoms with Crippen molar-refractivity contribution >= 4 is 0 Å². The minimum atomic E-state index is 0.854. The molecule has 5 rings (SSSR count). The van der Waals surface area contributed by atoms with Crippen LogP contribution in [-0.4, -0.2) is 12.1 Å². The number of nitrogens with one attached hydrogen (secondary N) is 1. The molecule has 0 aromatic carbocycles. The van der Waals surface area contributed by atoms with Crippen LogP contribution in [0.5, 0.6) is 0 Å². The third kappa shape index (κ3) is 2.48. The van der Waals surface area contributed by atoms with Crippen molar-refractivity contribution in [2.24, 2.45) is 29.6 Å². The molecule has 4 bridgehead atoms. The van der Waals surface area contributed by atoms with Crippen LogP contribution in [0.4, 0.5) is 0 Å². The Morgan fingerprint density at radius 3 is 2.11 bits per heavy atom. The second-order valence-electron chi connectivity index (χ2n) is 8.43. The van der Waals surface area contributed by atoms with Crippen molar-refractivity contribution < 1.29 is 0 Å². The van der Waals surface area contributed by atoms with E-state index in [9.17, 15) is 0 Å². The second-order valence-corrected chi connectivity index (χ2v) is 8.43. The Labute approximate surface area is 118 Å². The summed E-state index contributed by atoms with van der Waals surface area (Å²) in [7, 11) is 0. The largest absolute Gasteiger partial charge is 0.311 e. The molecule has 0 aliphatic heterocycles. The molecule has 2 atom stereocenters. The summed E-state index contributed by atoms with van der Waals surface area (Å²) in [4.78, 5) is 0. The summed E-state index contributed by atoms with van der Waals surface area (Å²) in [5.41, 5.74) is 0. The lowest BCUT2D eigenvalue weighted by atomic mass is 9.54. The summed E-state index contributed by atoms with van der Waals surface area (Å²) in [6, 6.07) is 1.76. The van der Waals surface area contributed by atoms with Gasteiger partial charge in [-0.25, -0.2) is 0 Å². The molecule has 0 radical (unpaired) electrons. The van der Waals surface area contributed by atoms with E-state index < -0.39 is 0 Å². The van der Waals surface area contributed by atoms with Crippen LogP contribution in [0.25, 0.3) is 0 Å². The fourth-order valence-corrected chi connectivity index (χ4v) is 6.12. The molecule has 1 nitrogen and oxygen atoms in total. The van der Waals surface area contributed by atoms with Crippen molar-refractivity contribution in [1.29, 1.82) is 0 Å². The maximum atomic E-state index is 4.16. The van der Waals surface area contributed by atoms with Gasteiger partial charge in [0.05, 0.1) is 0 Å². The molecule has 19 heavy (non-hydrogen) atoms. The molecule has 5 saturated carbocycles. The Morgan fingerprint density at radius 1 is 0.737 bits per heavy atom. The van der Waals surface area contributed by atoms with Crippen molar-refractivity contribution in [1.82, 2.24) is 5.32 Å². The van der Waals surface area contributed by atoms with Gasteiger partial charge >= 0.3 is 0 Å². The molecule has 0 aromatic heterocycles. The SMILES string of the molecule is CC1CCCC(NC2C3CC4CC(C3)CC2C4)CC1. The van der Waals surface area contributed by atoms with E-state index in [1.165, 1.54) is 32.1 Å². The van der Waals surface area contributed by atoms with Crippen LogP contribution in [0.1, 0.15) is 71.1 Å². The van der Waals surface area contributed by atoms with Gasteiger partial charge in [0.25, 0.3) is 0 Å². The lowest BCUT2D eigenvalue weighted by molar-refractivity contribution is -0.0183. The van der Waals surface area contributed by atoms with Crippen molar-refractivity contribution in [3.63, 3.8) is 0 Å². The van der Waals surface area contributed by atoms with Crippen LogP contribution in [0.15, 0.2) is 0 Å².